The molecule has 0 aliphatic rings. The fourth-order valence-corrected chi connectivity index (χ4v) is 5.09. The van der Waals surface area contributed by atoms with Crippen molar-refractivity contribution < 1.29 is 32.2 Å². The summed E-state index contributed by atoms with van der Waals surface area (Å²) in [6.07, 6.45) is 0.957. The number of aryl methyl sites for hydroxylation is 1. The summed E-state index contributed by atoms with van der Waals surface area (Å²) in [6, 6.07) is 12.7. The van der Waals surface area contributed by atoms with Gasteiger partial charge in [-0.15, -0.1) is 0 Å². The number of aromatic nitrogens is 1. The van der Waals surface area contributed by atoms with Crippen LogP contribution in [-0.4, -0.2) is 60.6 Å². The number of carbonyl (C=O) groups is 1. The van der Waals surface area contributed by atoms with Crippen LogP contribution in [0.2, 0.25) is 0 Å². The summed E-state index contributed by atoms with van der Waals surface area (Å²) < 4.78 is 53.9. The highest BCUT2D eigenvalue weighted by Gasteiger charge is 2.23. The Kier molecular flexibility index (Phi) is 11.5. The lowest BCUT2D eigenvalue weighted by Crippen LogP contribution is -2.48. The van der Waals surface area contributed by atoms with Gasteiger partial charge >= 0.3 is 0 Å². The number of nitrogens with zero attached hydrogens (tertiary/aromatic N) is 1. The number of sulfonamides is 1. The average Bonchev–Trinajstić information content (AvgIpc) is 2.91. The molecular formula is C28H34F2N4O5S. The molecule has 1 heterocycles. The summed E-state index contributed by atoms with van der Waals surface area (Å²) in [5.74, 6) is -2.45. The van der Waals surface area contributed by atoms with E-state index in [1.807, 2.05) is 18.2 Å². The number of anilines is 1. The van der Waals surface area contributed by atoms with Crippen molar-refractivity contribution in [3.63, 3.8) is 0 Å². The zero-order chi connectivity index (χ0) is 29.1. The smallest absolute Gasteiger partial charge is 0.253 e. The minimum Gasteiger partial charge on any atom is -0.396 e. The SMILES string of the molecule is CCc1cccc(CNC[C@@H](O)[C@H](Cc2cc(F)cc(F)c2)NC(=O)c2ccc(NS(=O)(=O)CCCO)nc2)c1. The van der Waals surface area contributed by atoms with Crippen LogP contribution < -0.4 is 15.4 Å². The summed E-state index contributed by atoms with van der Waals surface area (Å²) in [5, 5.41) is 25.6. The molecule has 0 aliphatic carbocycles. The third-order valence-corrected chi connectivity index (χ3v) is 7.44. The number of aliphatic hydroxyl groups is 2. The van der Waals surface area contributed by atoms with Gasteiger partial charge in [0.25, 0.3) is 5.91 Å². The topological polar surface area (TPSA) is 141 Å². The maximum atomic E-state index is 13.8. The Morgan fingerprint density at radius 2 is 1.75 bits per heavy atom. The first-order chi connectivity index (χ1) is 19.1. The standard InChI is InChI=1S/C28H34F2N4O5S/c1-2-19-5-3-6-20(11-19)16-31-18-26(36)25(14-21-12-23(29)15-24(30)13-21)33-28(37)22-7-8-27(32-17-22)34-40(38,39)10-4-9-35/h3,5-8,11-13,15,17,25-26,31,35-36H,2,4,9-10,14,16,18H2,1H3,(H,32,34)(H,33,37)/t25-,26+/m0/s1. The van der Waals surface area contributed by atoms with Gasteiger partial charge in [0.15, 0.2) is 0 Å². The molecule has 0 unspecified atom stereocenters. The number of carbonyl (C=O) groups excluding carboxylic acids is 1. The van der Waals surface area contributed by atoms with E-state index in [1.54, 1.807) is 0 Å². The van der Waals surface area contributed by atoms with E-state index in [1.165, 1.54) is 23.9 Å². The minimum absolute atomic E-state index is 0.00217. The monoisotopic (exact) mass is 576 g/mol. The zero-order valence-corrected chi connectivity index (χ0v) is 22.9. The first kappa shape index (κ1) is 31.1. The van der Waals surface area contributed by atoms with Crippen molar-refractivity contribution in [2.75, 3.05) is 23.6 Å². The Bertz CT molecular complexity index is 1350. The Labute approximate surface area is 232 Å². The Morgan fingerprint density at radius 3 is 2.40 bits per heavy atom. The first-order valence-corrected chi connectivity index (χ1v) is 14.5. The van der Waals surface area contributed by atoms with Crippen LogP contribution in [0.5, 0.6) is 0 Å². The molecule has 3 aromatic rings. The van der Waals surface area contributed by atoms with Crippen molar-refractivity contribution in [3.05, 3.63) is 94.7 Å². The van der Waals surface area contributed by atoms with Crippen LogP contribution in [0.3, 0.4) is 0 Å². The number of pyridine rings is 1. The largest absolute Gasteiger partial charge is 0.396 e. The van der Waals surface area contributed by atoms with Crippen LogP contribution >= 0.6 is 0 Å². The van der Waals surface area contributed by atoms with Crippen LogP contribution in [0.1, 0.15) is 40.4 Å². The van der Waals surface area contributed by atoms with Gasteiger partial charge in [-0.2, -0.15) is 0 Å². The molecule has 2 aromatic carbocycles. The normalized spacial score (nSPS) is 13.0. The molecule has 0 aliphatic heterocycles. The molecule has 1 aromatic heterocycles. The number of halogens is 2. The van der Waals surface area contributed by atoms with E-state index >= 15 is 0 Å². The predicted molar refractivity (Wildman–Crippen MR) is 148 cm³/mol. The highest BCUT2D eigenvalue weighted by Crippen LogP contribution is 2.14. The fourth-order valence-electron chi connectivity index (χ4n) is 4.04. The van der Waals surface area contributed by atoms with E-state index < -0.39 is 39.7 Å². The molecule has 40 heavy (non-hydrogen) atoms. The highest BCUT2D eigenvalue weighted by atomic mass is 32.2. The second-order valence-electron chi connectivity index (χ2n) is 9.36. The second-order valence-corrected chi connectivity index (χ2v) is 11.2. The maximum Gasteiger partial charge on any atom is 0.253 e. The Hall–Kier alpha value is -3.45. The van der Waals surface area contributed by atoms with Crippen LogP contribution in [0.25, 0.3) is 0 Å². The summed E-state index contributed by atoms with van der Waals surface area (Å²) in [5.41, 5.74) is 2.54. The van der Waals surface area contributed by atoms with Gasteiger partial charge in [0.05, 0.1) is 23.5 Å². The van der Waals surface area contributed by atoms with Crippen molar-refractivity contribution in [2.24, 2.45) is 0 Å². The van der Waals surface area contributed by atoms with Crippen molar-refractivity contribution in [3.8, 4) is 0 Å². The zero-order valence-electron chi connectivity index (χ0n) is 22.1. The van der Waals surface area contributed by atoms with Gasteiger partial charge in [-0.05, 0) is 60.2 Å². The number of benzene rings is 2. The molecule has 0 saturated carbocycles. The predicted octanol–water partition coefficient (Wildman–Crippen LogP) is 2.54. The third-order valence-electron chi connectivity index (χ3n) is 6.10. The molecule has 3 rings (SSSR count). The van der Waals surface area contributed by atoms with Crippen molar-refractivity contribution in [1.82, 2.24) is 15.6 Å². The molecule has 0 radical (unpaired) electrons. The van der Waals surface area contributed by atoms with Crippen molar-refractivity contribution >= 4 is 21.7 Å². The number of hydrogen-bond acceptors (Lipinski definition) is 7. The number of hydrogen-bond donors (Lipinski definition) is 5. The molecular weight excluding hydrogens is 542 g/mol. The highest BCUT2D eigenvalue weighted by molar-refractivity contribution is 7.92. The molecule has 5 N–H and O–H groups in total. The average molecular weight is 577 g/mol. The summed E-state index contributed by atoms with van der Waals surface area (Å²) in [6.45, 7) is 2.34. The van der Waals surface area contributed by atoms with Crippen LogP contribution in [-0.2, 0) is 29.4 Å². The number of aliphatic hydroxyl groups excluding tert-OH is 2. The number of nitrogens with one attached hydrogen (secondary N) is 3. The van der Waals surface area contributed by atoms with Crippen LogP contribution in [0.4, 0.5) is 14.6 Å². The second kappa shape index (κ2) is 14.8. The molecule has 1 amide bonds. The van der Waals surface area contributed by atoms with Gasteiger partial charge in [0, 0.05) is 32.0 Å². The number of amides is 1. The summed E-state index contributed by atoms with van der Waals surface area (Å²) in [7, 11) is -3.71. The van der Waals surface area contributed by atoms with Crippen molar-refractivity contribution in [1.29, 1.82) is 0 Å². The van der Waals surface area contributed by atoms with E-state index in [-0.39, 0.29) is 48.7 Å². The Balaban J connectivity index is 1.69. The lowest BCUT2D eigenvalue weighted by atomic mass is 10.00. The van der Waals surface area contributed by atoms with E-state index in [0.29, 0.717) is 6.54 Å². The van der Waals surface area contributed by atoms with Crippen LogP contribution in [0, 0.1) is 11.6 Å². The molecule has 0 saturated heterocycles. The molecule has 12 heteroatoms. The van der Waals surface area contributed by atoms with Gasteiger partial charge in [-0.25, -0.2) is 22.2 Å². The van der Waals surface area contributed by atoms with E-state index in [4.69, 9.17) is 5.11 Å². The number of rotatable bonds is 15. The van der Waals surface area contributed by atoms with Gasteiger partial charge < -0.3 is 20.8 Å². The van der Waals surface area contributed by atoms with Crippen molar-refractivity contribution in [2.45, 2.75) is 44.9 Å². The van der Waals surface area contributed by atoms with Gasteiger partial charge in [-0.3, -0.25) is 9.52 Å². The lowest BCUT2D eigenvalue weighted by Gasteiger charge is -2.25. The molecule has 0 fully saturated rings. The molecule has 0 bridgehead atoms. The molecule has 9 nitrogen and oxygen atoms in total. The van der Waals surface area contributed by atoms with Gasteiger partial charge in [0.2, 0.25) is 10.0 Å². The molecule has 216 valence electrons. The van der Waals surface area contributed by atoms with Gasteiger partial charge in [0.1, 0.15) is 17.5 Å². The third kappa shape index (κ3) is 9.94. The van der Waals surface area contributed by atoms with Gasteiger partial charge in [-0.1, -0.05) is 31.2 Å². The van der Waals surface area contributed by atoms with E-state index in [0.717, 1.165) is 30.2 Å². The quantitative estimate of drug-likeness (QED) is 0.187. The Morgan fingerprint density at radius 1 is 1.02 bits per heavy atom. The van der Waals surface area contributed by atoms with E-state index in [2.05, 4.69) is 33.3 Å². The molecule has 2 atom stereocenters. The molecule has 0 spiro atoms. The summed E-state index contributed by atoms with van der Waals surface area (Å²) in [4.78, 5) is 17.0. The summed E-state index contributed by atoms with van der Waals surface area (Å²) >= 11 is 0. The minimum atomic E-state index is -3.71. The first-order valence-electron chi connectivity index (χ1n) is 12.9. The maximum absolute atomic E-state index is 13.8. The fraction of sp³-hybridized carbons (Fsp3) is 0.357. The van der Waals surface area contributed by atoms with Crippen LogP contribution in [0.15, 0.2) is 60.8 Å². The lowest BCUT2D eigenvalue weighted by molar-refractivity contribution is 0.0829. The van der Waals surface area contributed by atoms with E-state index in [9.17, 15) is 27.1 Å².